The standard InChI is InChI=1S/2C2H6N2.Au.3ClH/c2*3-1-2-4;;;;/h2*3-4H,1-2H2;;3*1H/q2*-2;+3;;;/p-3. The number of rotatable bonds is 2. The molecule has 8 heteroatoms. The van der Waals surface area contributed by atoms with E-state index in [1.807, 2.05) is 0 Å². The molecule has 0 aromatic carbocycles. The minimum absolute atomic E-state index is 0. The van der Waals surface area contributed by atoms with Crippen molar-refractivity contribution in [2.45, 2.75) is 0 Å². The van der Waals surface area contributed by atoms with Crippen LogP contribution in [0.1, 0.15) is 0 Å². The molecule has 0 aromatic heterocycles. The normalized spacial score (nSPS) is 5.00. The fraction of sp³-hybridized carbons (Fsp3) is 1.00. The van der Waals surface area contributed by atoms with Crippen molar-refractivity contribution in [3.05, 3.63) is 22.9 Å². The predicted molar refractivity (Wildman–Crippen MR) is 36.8 cm³/mol. The molecule has 12 heavy (non-hydrogen) atoms. The second-order valence-corrected chi connectivity index (χ2v) is 1.000. The Hall–Kier alpha value is 1.45. The summed E-state index contributed by atoms with van der Waals surface area (Å²) in [7, 11) is 0. The maximum Gasteiger partial charge on any atom is 3.00 e. The summed E-state index contributed by atoms with van der Waals surface area (Å²) in [5, 5.41) is 0. The van der Waals surface area contributed by atoms with E-state index in [1.165, 1.54) is 0 Å². The van der Waals surface area contributed by atoms with Crippen LogP contribution in [-0.2, 0) is 22.4 Å². The maximum atomic E-state index is 6.26. The number of nitrogens with one attached hydrogen (secondary N) is 4. The Morgan fingerprint density at radius 1 is 0.500 bits per heavy atom. The van der Waals surface area contributed by atoms with Crippen LogP contribution in [0.15, 0.2) is 0 Å². The topological polar surface area (TPSA) is 95.2 Å². The molecule has 0 spiro atoms. The summed E-state index contributed by atoms with van der Waals surface area (Å²) in [6.07, 6.45) is 0. The molecule has 0 aliphatic rings. The second-order valence-electron chi connectivity index (χ2n) is 1.000. The molecule has 0 aliphatic carbocycles. The smallest absolute Gasteiger partial charge is 1.00 e. The van der Waals surface area contributed by atoms with Crippen LogP contribution in [0.3, 0.4) is 0 Å². The summed E-state index contributed by atoms with van der Waals surface area (Å²) in [4.78, 5) is 0. The van der Waals surface area contributed by atoms with Gasteiger partial charge in [0.2, 0.25) is 0 Å². The Morgan fingerprint density at radius 3 is 0.583 bits per heavy atom. The van der Waals surface area contributed by atoms with Crippen LogP contribution >= 0.6 is 0 Å². The van der Waals surface area contributed by atoms with Crippen molar-refractivity contribution in [2.75, 3.05) is 26.2 Å². The maximum absolute atomic E-state index is 6.26. The predicted octanol–water partition coefficient (Wildman–Crippen LogP) is -6.81. The first-order chi connectivity index (χ1) is 3.83. The Morgan fingerprint density at radius 2 is 0.583 bits per heavy atom. The summed E-state index contributed by atoms with van der Waals surface area (Å²) < 4.78 is 0. The first kappa shape index (κ1) is 37.6. The molecule has 0 amide bonds. The van der Waals surface area contributed by atoms with E-state index in [-0.39, 0.29) is 85.8 Å². The average molecular weight is 419 g/mol. The molecule has 0 saturated heterocycles. The number of hydrogen-bond donors (Lipinski definition) is 0. The zero-order chi connectivity index (χ0) is 6.83. The first-order valence-corrected chi connectivity index (χ1v) is 2.41. The monoisotopic (exact) mass is 418 g/mol. The van der Waals surface area contributed by atoms with Crippen molar-refractivity contribution in [3.63, 3.8) is 0 Å². The molecule has 4 N–H and O–H groups in total. The van der Waals surface area contributed by atoms with E-state index in [0.29, 0.717) is 0 Å². The number of hydrogen-bond acceptors (Lipinski definition) is 0. The van der Waals surface area contributed by atoms with Crippen LogP contribution in [0, 0.1) is 0 Å². The van der Waals surface area contributed by atoms with Crippen molar-refractivity contribution >= 4 is 0 Å². The third-order valence-electron chi connectivity index (χ3n) is 0.250. The zero-order valence-corrected chi connectivity index (χ0v) is 10.7. The molecule has 0 aliphatic heterocycles. The van der Waals surface area contributed by atoms with Gasteiger partial charge in [-0.2, -0.15) is 26.2 Å². The quantitative estimate of drug-likeness (QED) is 0.398. The summed E-state index contributed by atoms with van der Waals surface area (Å²) >= 11 is 0. The van der Waals surface area contributed by atoms with E-state index < -0.39 is 0 Å². The molecule has 0 fully saturated rings. The molecular weight excluding hydrogens is 407 g/mol. The molecule has 84 valence electrons. The van der Waals surface area contributed by atoms with Crippen molar-refractivity contribution in [1.82, 2.24) is 0 Å². The van der Waals surface area contributed by atoms with Gasteiger partial charge in [-0.25, -0.2) is 0 Å². The van der Waals surface area contributed by atoms with Gasteiger partial charge in [0.25, 0.3) is 0 Å². The van der Waals surface area contributed by atoms with E-state index in [1.54, 1.807) is 0 Å². The first-order valence-electron chi connectivity index (χ1n) is 2.41. The molecule has 0 heterocycles. The molecule has 0 rings (SSSR count). The van der Waals surface area contributed by atoms with Crippen LogP contribution in [0.2, 0.25) is 0 Å². The third kappa shape index (κ3) is 105. The minimum Gasteiger partial charge on any atom is -1.00 e. The fourth-order valence-corrected chi connectivity index (χ4v) is 0. The van der Waals surface area contributed by atoms with Gasteiger partial charge in [-0.05, 0) is 0 Å². The van der Waals surface area contributed by atoms with Crippen LogP contribution in [0.25, 0.3) is 22.9 Å². The Balaban J connectivity index is -0.0000000112. The van der Waals surface area contributed by atoms with Gasteiger partial charge in [0.15, 0.2) is 0 Å². The van der Waals surface area contributed by atoms with E-state index in [2.05, 4.69) is 0 Å². The van der Waals surface area contributed by atoms with Gasteiger partial charge < -0.3 is 60.2 Å². The van der Waals surface area contributed by atoms with E-state index >= 15 is 0 Å². The average Bonchev–Trinajstić information content (AvgIpc) is 1.88. The summed E-state index contributed by atoms with van der Waals surface area (Å²) in [5.74, 6) is 0. The van der Waals surface area contributed by atoms with E-state index in [9.17, 15) is 0 Å². The van der Waals surface area contributed by atoms with Crippen molar-refractivity contribution < 1.29 is 59.6 Å². The van der Waals surface area contributed by atoms with Gasteiger partial charge in [0.1, 0.15) is 0 Å². The van der Waals surface area contributed by atoms with E-state index in [4.69, 9.17) is 22.9 Å². The third-order valence-corrected chi connectivity index (χ3v) is 0.250. The van der Waals surface area contributed by atoms with Crippen LogP contribution in [0.5, 0.6) is 0 Å². The van der Waals surface area contributed by atoms with Crippen LogP contribution in [-0.4, -0.2) is 26.2 Å². The Kier molecular flexibility index (Phi) is 172. The Bertz CT molecular complexity index is 30.3. The van der Waals surface area contributed by atoms with Gasteiger partial charge in [-0.3, -0.25) is 0 Å². The SMILES string of the molecule is [Au+3].[Cl-].[Cl-].[Cl-].[NH-]CC[NH-].[NH-]CC[NH-]. The van der Waals surface area contributed by atoms with Crippen molar-refractivity contribution in [1.29, 1.82) is 0 Å². The molecule has 0 aromatic rings. The van der Waals surface area contributed by atoms with Gasteiger partial charge in [0, 0.05) is 0 Å². The molecule has 0 radical (unpaired) electrons. The zero-order valence-electron chi connectivity index (χ0n) is 6.26. The minimum atomic E-state index is 0. The molecule has 4 nitrogen and oxygen atoms in total. The number of halogens is 3. The molecule has 0 bridgehead atoms. The summed E-state index contributed by atoms with van der Waals surface area (Å²) in [6.45, 7) is 0.944. The van der Waals surface area contributed by atoms with Crippen LogP contribution < -0.4 is 37.2 Å². The van der Waals surface area contributed by atoms with Crippen molar-refractivity contribution in [2.24, 2.45) is 0 Å². The van der Waals surface area contributed by atoms with Gasteiger partial charge >= 0.3 is 22.4 Å². The van der Waals surface area contributed by atoms with E-state index in [0.717, 1.165) is 0 Å². The summed E-state index contributed by atoms with van der Waals surface area (Å²) in [6, 6.07) is 0. The van der Waals surface area contributed by atoms with Gasteiger partial charge in [-0.1, -0.05) is 0 Å². The molecule has 0 unspecified atom stereocenters. The largest absolute Gasteiger partial charge is 3.00 e. The van der Waals surface area contributed by atoms with Crippen molar-refractivity contribution in [3.8, 4) is 0 Å². The summed E-state index contributed by atoms with van der Waals surface area (Å²) in [5.41, 5.74) is 25.1. The second kappa shape index (κ2) is 55.0. The molecular formula is C4H12AuCl3N4-4. The van der Waals surface area contributed by atoms with Crippen LogP contribution in [0.4, 0.5) is 0 Å². The van der Waals surface area contributed by atoms with Gasteiger partial charge in [-0.15, -0.1) is 0 Å². The fourth-order valence-electron chi connectivity index (χ4n) is 0. The molecule has 0 saturated carbocycles. The van der Waals surface area contributed by atoms with Gasteiger partial charge in [0.05, 0.1) is 0 Å². The molecule has 0 atom stereocenters. The Labute approximate surface area is 108 Å².